The number of hydrogen-bond donors (Lipinski definition) is 2. The van der Waals surface area contributed by atoms with Gasteiger partial charge in [0.1, 0.15) is 45.7 Å². The fraction of sp³-hybridized carbons (Fsp3) is 0.133. The summed E-state index contributed by atoms with van der Waals surface area (Å²) in [4.78, 5) is 26.9. The van der Waals surface area contributed by atoms with E-state index in [1.165, 1.54) is 40.6 Å². The molecule has 0 unspecified atom stereocenters. The highest BCUT2D eigenvalue weighted by atomic mass is 19.1. The molecule has 0 amide bonds. The van der Waals surface area contributed by atoms with Gasteiger partial charge >= 0.3 is 0 Å². The summed E-state index contributed by atoms with van der Waals surface area (Å²) < 4.78 is 54.8. The highest BCUT2D eigenvalue weighted by Crippen LogP contribution is 2.47. The molecule has 8 nitrogen and oxygen atoms in total. The van der Waals surface area contributed by atoms with Gasteiger partial charge in [-0.3, -0.25) is 9.59 Å². The lowest BCUT2D eigenvalue weighted by molar-refractivity contribution is 0.0972. The van der Waals surface area contributed by atoms with Gasteiger partial charge in [-0.2, -0.15) is 0 Å². The molecular formula is C30H24F2N2O6. The number of anilines is 4. The van der Waals surface area contributed by atoms with Crippen molar-refractivity contribution in [3.05, 3.63) is 94.6 Å². The summed E-state index contributed by atoms with van der Waals surface area (Å²) in [6.45, 7) is 0. The molecule has 0 atom stereocenters. The highest BCUT2D eigenvalue weighted by Gasteiger charge is 2.39. The van der Waals surface area contributed by atoms with Crippen molar-refractivity contribution in [1.29, 1.82) is 0 Å². The van der Waals surface area contributed by atoms with Crippen LogP contribution in [0, 0.1) is 11.6 Å². The smallest absolute Gasteiger partial charge is 0.197 e. The molecule has 4 aromatic rings. The molecule has 0 saturated heterocycles. The van der Waals surface area contributed by atoms with Crippen molar-refractivity contribution in [2.24, 2.45) is 0 Å². The number of fused-ring (bicyclic) bond motifs is 2. The van der Waals surface area contributed by atoms with Crippen molar-refractivity contribution in [3.63, 3.8) is 0 Å². The normalized spacial score (nSPS) is 11.8. The molecule has 10 heteroatoms. The number of nitrogens with one attached hydrogen (secondary N) is 2. The van der Waals surface area contributed by atoms with E-state index in [1.54, 1.807) is 48.5 Å². The van der Waals surface area contributed by atoms with Crippen LogP contribution in [0.4, 0.5) is 31.5 Å². The summed E-state index contributed by atoms with van der Waals surface area (Å²) >= 11 is 0. The van der Waals surface area contributed by atoms with Crippen LogP contribution >= 0.6 is 0 Å². The second kappa shape index (κ2) is 10.6. The van der Waals surface area contributed by atoms with Crippen LogP contribution < -0.4 is 29.6 Å². The van der Waals surface area contributed by atoms with E-state index >= 15 is 8.78 Å². The van der Waals surface area contributed by atoms with E-state index in [9.17, 15) is 9.59 Å². The monoisotopic (exact) mass is 546 g/mol. The third kappa shape index (κ3) is 4.14. The number of ether oxygens (including phenoxy) is 4. The van der Waals surface area contributed by atoms with Gasteiger partial charge in [-0.15, -0.1) is 0 Å². The van der Waals surface area contributed by atoms with Gasteiger partial charge in [-0.1, -0.05) is 36.4 Å². The number of carbonyl (C=O) groups is 2. The Labute approximate surface area is 228 Å². The maximum Gasteiger partial charge on any atom is 0.197 e. The lowest BCUT2D eigenvalue weighted by Gasteiger charge is -2.25. The van der Waals surface area contributed by atoms with Crippen molar-refractivity contribution >= 4 is 34.3 Å². The minimum Gasteiger partial charge on any atom is -0.494 e. The van der Waals surface area contributed by atoms with E-state index < -0.39 is 45.7 Å². The first-order chi connectivity index (χ1) is 19.4. The highest BCUT2D eigenvalue weighted by molar-refractivity contribution is 6.29. The first kappa shape index (κ1) is 26.5. The standard InChI is InChI=1S/C30H24F2N2O6/c1-37-17-11-7-12-18(38-2)25(17)33-27-23(31)21-22(30(36)16-10-6-5-9-15(16)29(21)35)24(32)28(27)34-26-19(39-3)13-8-14-20(26)40-4/h5-14,33-34H,1-4H3. The third-order valence-corrected chi connectivity index (χ3v) is 6.60. The SMILES string of the molecule is COc1cccc(OC)c1Nc1c(F)c2c(c(F)c1Nc1c(OC)cccc1OC)C(=O)c1ccccc1C2=O. The number of methoxy groups -OCH3 is 4. The molecule has 1 aliphatic carbocycles. The molecule has 0 aliphatic heterocycles. The van der Waals surface area contributed by atoms with Crippen LogP contribution in [-0.4, -0.2) is 40.0 Å². The van der Waals surface area contributed by atoms with Crippen molar-refractivity contribution in [3.8, 4) is 23.0 Å². The largest absolute Gasteiger partial charge is 0.494 e. The number of rotatable bonds is 8. The zero-order valence-electron chi connectivity index (χ0n) is 22.0. The summed E-state index contributed by atoms with van der Waals surface area (Å²) in [5.74, 6) is -2.91. The molecular weight excluding hydrogens is 522 g/mol. The van der Waals surface area contributed by atoms with E-state index in [-0.39, 0.29) is 45.5 Å². The second-order valence-corrected chi connectivity index (χ2v) is 8.66. The van der Waals surface area contributed by atoms with Gasteiger partial charge in [0.25, 0.3) is 0 Å². The molecule has 0 bridgehead atoms. The number of carbonyl (C=O) groups excluding carboxylic acids is 2. The van der Waals surface area contributed by atoms with Gasteiger partial charge in [-0.05, 0) is 24.3 Å². The lowest BCUT2D eigenvalue weighted by Crippen LogP contribution is -2.25. The van der Waals surface area contributed by atoms with Crippen LogP contribution in [-0.2, 0) is 0 Å². The van der Waals surface area contributed by atoms with Gasteiger partial charge in [0.05, 0.1) is 39.6 Å². The number of para-hydroxylation sites is 2. The van der Waals surface area contributed by atoms with E-state index in [1.807, 2.05) is 0 Å². The summed E-state index contributed by atoms with van der Waals surface area (Å²) in [6.07, 6.45) is 0. The van der Waals surface area contributed by atoms with Crippen molar-refractivity contribution in [2.45, 2.75) is 0 Å². The Hall–Kier alpha value is -5.12. The zero-order chi connectivity index (χ0) is 28.6. The lowest BCUT2D eigenvalue weighted by atomic mass is 9.82. The molecule has 40 heavy (non-hydrogen) atoms. The average Bonchev–Trinajstić information content (AvgIpc) is 2.99. The minimum atomic E-state index is -1.14. The molecule has 0 heterocycles. The predicted octanol–water partition coefficient (Wildman–Crippen LogP) is 6.26. The van der Waals surface area contributed by atoms with Crippen LogP contribution in [0.3, 0.4) is 0 Å². The van der Waals surface area contributed by atoms with E-state index in [2.05, 4.69) is 10.6 Å². The fourth-order valence-electron chi connectivity index (χ4n) is 4.70. The Bertz CT molecular complexity index is 1510. The molecule has 0 spiro atoms. The first-order valence-corrected chi connectivity index (χ1v) is 12.1. The van der Waals surface area contributed by atoms with Crippen LogP contribution in [0.2, 0.25) is 0 Å². The molecule has 5 rings (SSSR count). The van der Waals surface area contributed by atoms with Crippen molar-refractivity contribution < 1.29 is 37.3 Å². The summed E-state index contributed by atoms with van der Waals surface area (Å²) in [6, 6.07) is 15.6. The van der Waals surface area contributed by atoms with Crippen molar-refractivity contribution in [2.75, 3.05) is 39.1 Å². The quantitative estimate of drug-likeness (QED) is 0.236. The Kier molecular flexibility index (Phi) is 7.00. The summed E-state index contributed by atoms with van der Waals surface area (Å²) in [7, 11) is 5.62. The Morgan fingerprint density at radius 1 is 0.500 bits per heavy atom. The number of halogens is 2. The summed E-state index contributed by atoms with van der Waals surface area (Å²) in [5.41, 5.74) is -2.02. The van der Waals surface area contributed by atoms with E-state index in [0.29, 0.717) is 0 Å². The van der Waals surface area contributed by atoms with Gasteiger partial charge < -0.3 is 29.6 Å². The molecule has 2 N–H and O–H groups in total. The number of hydrogen-bond acceptors (Lipinski definition) is 8. The molecule has 4 aromatic carbocycles. The van der Waals surface area contributed by atoms with Gasteiger partial charge in [0.15, 0.2) is 23.2 Å². The van der Waals surface area contributed by atoms with E-state index in [0.717, 1.165) is 0 Å². The zero-order valence-corrected chi connectivity index (χ0v) is 22.0. The number of ketones is 2. The van der Waals surface area contributed by atoms with E-state index in [4.69, 9.17) is 18.9 Å². The average molecular weight is 547 g/mol. The molecule has 204 valence electrons. The fourth-order valence-corrected chi connectivity index (χ4v) is 4.70. The second-order valence-electron chi connectivity index (χ2n) is 8.66. The van der Waals surface area contributed by atoms with Gasteiger partial charge in [-0.25, -0.2) is 8.78 Å². The maximum atomic E-state index is 16.6. The molecule has 0 radical (unpaired) electrons. The molecule has 0 aromatic heterocycles. The summed E-state index contributed by atoms with van der Waals surface area (Å²) in [5, 5.41) is 5.71. The molecule has 1 aliphatic rings. The third-order valence-electron chi connectivity index (χ3n) is 6.60. The number of benzene rings is 4. The Balaban J connectivity index is 1.82. The first-order valence-electron chi connectivity index (χ1n) is 12.1. The van der Waals surface area contributed by atoms with Gasteiger partial charge in [0, 0.05) is 11.1 Å². The minimum absolute atomic E-state index is 0.0220. The Morgan fingerprint density at radius 2 is 0.825 bits per heavy atom. The van der Waals surface area contributed by atoms with Gasteiger partial charge in [0.2, 0.25) is 0 Å². The predicted molar refractivity (Wildman–Crippen MR) is 145 cm³/mol. The van der Waals surface area contributed by atoms with Crippen LogP contribution in [0.5, 0.6) is 23.0 Å². The molecule has 0 fully saturated rings. The topological polar surface area (TPSA) is 95.1 Å². The maximum absolute atomic E-state index is 16.6. The van der Waals surface area contributed by atoms with Crippen LogP contribution in [0.15, 0.2) is 60.7 Å². The van der Waals surface area contributed by atoms with Crippen LogP contribution in [0.25, 0.3) is 0 Å². The molecule has 0 saturated carbocycles. The Morgan fingerprint density at radius 3 is 1.12 bits per heavy atom. The van der Waals surface area contributed by atoms with Crippen molar-refractivity contribution in [1.82, 2.24) is 0 Å². The van der Waals surface area contributed by atoms with Crippen LogP contribution in [0.1, 0.15) is 31.8 Å².